The minimum Gasteiger partial charge on any atom is -0.493 e. The summed E-state index contributed by atoms with van der Waals surface area (Å²) >= 11 is 1.73. The molecular formula is C22H22N2OS. The topological polar surface area (TPSA) is 37.0 Å². The second kappa shape index (κ2) is 7.26. The Labute approximate surface area is 157 Å². The van der Waals surface area contributed by atoms with Crippen molar-refractivity contribution in [2.75, 3.05) is 11.9 Å². The van der Waals surface area contributed by atoms with E-state index in [2.05, 4.69) is 65.9 Å². The lowest BCUT2D eigenvalue weighted by Gasteiger charge is -2.10. The van der Waals surface area contributed by atoms with Crippen LogP contribution in [0, 0.1) is 6.92 Å². The van der Waals surface area contributed by atoms with Crippen LogP contribution in [0.2, 0.25) is 0 Å². The number of hydrogen-bond donors (Lipinski definition) is 2. The quantitative estimate of drug-likeness (QED) is 0.398. The fourth-order valence-corrected chi connectivity index (χ4v) is 4.00. The number of fused-ring (bicyclic) bond motifs is 1. The van der Waals surface area contributed by atoms with E-state index in [4.69, 9.17) is 4.74 Å². The van der Waals surface area contributed by atoms with Gasteiger partial charge in [0, 0.05) is 44.3 Å². The van der Waals surface area contributed by atoms with Crippen LogP contribution in [0.15, 0.2) is 60.1 Å². The van der Waals surface area contributed by atoms with Crippen molar-refractivity contribution < 1.29 is 4.74 Å². The molecule has 0 aliphatic rings. The van der Waals surface area contributed by atoms with E-state index in [9.17, 15) is 0 Å². The molecular weight excluding hydrogens is 340 g/mol. The Morgan fingerprint density at radius 1 is 1.12 bits per heavy atom. The summed E-state index contributed by atoms with van der Waals surface area (Å²) in [4.78, 5) is 4.47. The normalized spacial score (nSPS) is 11.0. The standard InChI is InChI=1S/C22H22N2OS/c1-3-12-25-21-7-5-4-6-18(21)22-13-16(14-26-22)24-19-8-9-20-17(15(19)2)10-11-23-20/h4-11,13-14,23-24H,3,12H2,1-2H3. The number of anilines is 2. The first kappa shape index (κ1) is 16.7. The lowest BCUT2D eigenvalue weighted by molar-refractivity contribution is 0.319. The average Bonchev–Trinajstić information content (AvgIpc) is 3.32. The molecule has 3 nitrogen and oxygen atoms in total. The number of hydrogen-bond acceptors (Lipinski definition) is 3. The van der Waals surface area contributed by atoms with Gasteiger partial charge in [-0.05, 0) is 55.3 Å². The van der Waals surface area contributed by atoms with Gasteiger partial charge in [0.2, 0.25) is 0 Å². The number of ether oxygens (including phenoxy) is 1. The van der Waals surface area contributed by atoms with Gasteiger partial charge in [-0.25, -0.2) is 0 Å². The SMILES string of the molecule is CCCOc1ccccc1-c1cc(Nc2ccc3[nH]ccc3c2C)cs1. The summed E-state index contributed by atoms with van der Waals surface area (Å²) in [5, 5.41) is 6.98. The van der Waals surface area contributed by atoms with E-state index in [0.717, 1.165) is 35.7 Å². The molecule has 0 aliphatic carbocycles. The zero-order valence-corrected chi connectivity index (χ0v) is 15.8. The highest BCUT2D eigenvalue weighted by atomic mass is 32.1. The smallest absolute Gasteiger partial charge is 0.127 e. The van der Waals surface area contributed by atoms with Gasteiger partial charge in [-0.15, -0.1) is 11.3 Å². The van der Waals surface area contributed by atoms with Gasteiger partial charge in [-0.3, -0.25) is 0 Å². The third-order valence-electron chi connectivity index (χ3n) is 4.50. The Kier molecular flexibility index (Phi) is 4.67. The summed E-state index contributed by atoms with van der Waals surface area (Å²) in [6, 6.07) is 16.8. The Balaban J connectivity index is 1.61. The predicted molar refractivity (Wildman–Crippen MR) is 112 cm³/mol. The summed E-state index contributed by atoms with van der Waals surface area (Å²) in [5.41, 5.74) is 5.81. The van der Waals surface area contributed by atoms with Crippen molar-refractivity contribution in [1.29, 1.82) is 0 Å². The third kappa shape index (κ3) is 3.20. The monoisotopic (exact) mass is 362 g/mol. The van der Waals surface area contributed by atoms with Crippen LogP contribution in [0.4, 0.5) is 11.4 Å². The Morgan fingerprint density at radius 3 is 2.88 bits per heavy atom. The molecule has 2 aromatic heterocycles. The van der Waals surface area contributed by atoms with E-state index < -0.39 is 0 Å². The van der Waals surface area contributed by atoms with Gasteiger partial charge in [-0.2, -0.15) is 0 Å². The lowest BCUT2D eigenvalue weighted by Crippen LogP contribution is -1.96. The molecule has 0 bridgehead atoms. The molecule has 2 heterocycles. The second-order valence-corrected chi connectivity index (χ2v) is 7.26. The molecule has 26 heavy (non-hydrogen) atoms. The van der Waals surface area contributed by atoms with Gasteiger partial charge in [0.05, 0.1) is 6.61 Å². The molecule has 0 fully saturated rings. The van der Waals surface area contributed by atoms with Crippen LogP contribution >= 0.6 is 11.3 Å². The van der Waals surface area contributed by atoms with Crippen LogP contribution in [0.5, 0.6) is 5.75 Å². The molecule has 0 saturated heterocycles. The largest absolute Gasteiger partial charge is 0.493 e. The molecule has 0 unspecified atom stereocenters. The van der Waals surface area contributed by atoms with Gasteiger partial charge in [0.15, 0.2) is 0 Å². The Bertz CT molecular complexity index is 1030. The highest BCUT2D eigenvalue weighted by Gasteiger charge is 2.10. The number of H-pyrrole nitrogens is 1. The molecule has 0 saturated carbocycles. The van der Waals surface area contributed by atoms with Crippen molar-refractivity contribution in [2.24, 2.45) is 0 Å². The maximum atomic E-state index is 5.91. The Morgan fingerprint density at radius 2 is 2.00 bits per heavy atom. The van der Waals surface area contributed by atoms with Crippen molar-refractivity contribution in [2.45, 2.75) is 20.3 Å². The summed E-state index contributed by atoms with van der Waals surface area (Å²) in [6.45, 7) is 5.02. The van der Waals surface area contributed by atoms with Crippen molar-refractivity contribution in [3.8, 4) is 16.2 Å². The van der Waals surface area contributed by atoms with E-state index in [1.54, 1.807) is 11.3 Å². The fourth-order valence-electron chi connectivity index (χ4n) is 3.13. The van der Waals surface area contributed by atoms with Crippen LogP contribution in [-0.2, 0) is 0 Å². The molecule has 0 atom stereocenters. The predicted octanol–water partition coefficient (Wildman–Crippen LogP) is 6.74. The first-order chi connectivity index (χ1) is 12.8. The minimum absolute atomic E-state index is 0.739. The maximum Gasteiger partial charge on any atom is 0.127 e. The first-order valence-electron chi connectivity index (χ1n) is 8.90. The highest BCUT2D eigenvalue weighted by Crippen LogP contribution is 2.37. The number of nitrogens with one attached hydrogen (secondary N) is 2. The minimum atomic E-state index is 0.739. The van der Waals surface area contributed by atoms with E-state index in [-0.39, 0.29) is 0 Å². The molecule has 132 valence electrons. The average molecular weight is 362 g/mol. The summed E-state index contributed by atoms with van der Waals surface area (Å²) in [7, 11) is 0. The molecule has 4 aromatic rings. The van der Waals surface area contributed by atoms with Crippen LogP contribution in [0.3, 0.4) is 0 Å². The number of aromatic amines is 1. The number of thiophene rings is 1. The van der Waals surface area contributed by atoms with E-state index >= 15 is 0 Å². The fraction of sp³-hybridized carbons (Fsp3) is 0.182. The molecule has 4 rings (SSSR count). The van der Waals surface area contributed by atoms with Crippen molar-refractivity contribution in [3.05, 3.63) is 65.7 Å². The van der Waals surface area contributed by atoms with E-state index in [1.807, 2.05) is 18.3 Å². The molecule has 2 aromatic carbocycles. The van der Waals surface area contributed by atoms with Crippen LogP contribution in [0.25, 0.3) is 21.3 Å². The van der Waals surface area contributed by atoms with Crippen LogP contribution in [-0.4, -0.2) is 11.6 Å². The Hall–Kier alpha value is -2.72. The van der Waals surface area contributed by atoms with Crippen molar-refractivity contribution in [3.63, 3.8) is 0 Å². The third-order valence-corrected chi connectivity index (χ3v) is 5.46. The molecule has 0 amide bonds. The number of benzene rings is 2. The number of aromatic nitrogens is 1. The van der Waals surface area contributed by atoms with Crippen LogP contribution < -0.4 is 10.1 Å². The van der Waals surface area contributed by atoms with Gasteiger partial charge >= 0.3 is 0 Å². The molecule has 0 radical (unpaired) electrons. The maximum absolute atomic E-state index is 5.91. The zero-order valence-electron chi connectivity index (χ0n) is 15.0. The van der Waals surface area contributed by atoms with Gasteiger partial charge in [0.25, 0.3) is 0 Å². The van der Waals surface area contributed by atoms with Gasteiger partial charge in [0.1, 0.15) is 5.75 Å². The number of rotatable bonds is 6. The second-order valence-electron chi connectivity index (χ2n) is 6.35. The van der Waals surface area contributed by atoms with Gasteiger partial charge < -0.3 is 15.0 Å². The van der Waals surface area contributed by atoms with E-state index in [1.165, 1.54) is 21.3 Å². The zero-order chi connectivity index (χ0) is 17.9. The van der Waals surface area contributed by atoms with Crippen molar-refractivity contribution in [1.82, 2.24) is 4.98 Å². The summed E-state index contributed by atoms with van der Waals surface area (Å²) < 4.78 is 5.91. The summed E-state index contributed by atoms with van der Waals surface area (Å²) in [6.07, 6.45) is 2.99. The lowest BCUT2D eigenvalue weighted by atomic mass is 10.1. The summed E-state index contributed by atoms with van der Waals surface area (Å²) in [5.74, 6) is 0.952. The van der Waals surface area contributed by atoms with E-state index in [0.29, 0.717) is 0 Å². The number of aryl methyl sites for hydroxylation is 1. The molecule has 0 spiro atoms. The van der Waals surface area contributed by atoms with Crippen LogP contribution in [0.1, 0.15) is 18.9 Å². The van der Waals surface area contributed by atoms with Crippen molar-refractivity contribution >= 4 is 33.6 Å². The molecule has 0 aliphatic heterocycles. The first-order valence-corrected chi connectivity index (χ1v) is 9.78. The van der Waals surface area contributed by atoms with Gasteiger partial charge in [-0.1, -0.05) is 19.1 Å². The highest BCUT2D eigenvalue weighted by molar-refractivity contribution is 7.14. The molecule has 4 heteroatoms. The number of para-hydroxylation sites is 1. The molecule has 2 N–H and O–H groups in total.